The second-order valence-electron chi connectivity index (χ2n) is 3.90. The maximum Gasteiger partial charge on any atom is 0.307 e. The average Bonchev–Trinajstić information content (AvgIpc) is 2.12. The number of benzene rings is 1. The van der Waals surface area contributed by atoms with Gasteiger partial charge in [-0.1, -0.05) is 15.9 Å². The highest BCUT2D eigenvalue weighted by atomic mass is 79.9. The Balaban J connectivity index is 2.78. The first-order valence-corrected chi connectivity index (χ1v) is 5.84. The molecule has 0 radical (unpaired) electrons. The fourth-order valence-electron chi connectivity index (χ4n) is 1.49. The third kappa shape index (κ3) is 3.52. The lowest BCUT2D eigenvalue weighted by molar-refractivity contribution is -0.138. The van der Waals surface area contributed by atoms with Crippen LogP contribution in [0.4, 0.5) is 0 Å². The largest absolute Gasteiger partial charge is 0.490 e. The molecule has 4 heteroatoms. The summed E-state index contributed by atoms with van der Waals surface area (Å²) in [6.07, 6.45) is -0.314. The standard InChI is InChI=1S/C12H15BrO3/c1-7-4-10(5-8(2)12(7)13)16-9(3)6-11(14)15/h4-5,9H,6H2,1-3H3,(H,14,15)/t9-/m0/s1. The highest BCUT2D eigenvalue weighted by molar-refractivity contribution is 9.10. The Morgan fingerprint density at radius 3 is 2.38 bits per heavy atom. The second-order valence-corrected chi connectivity index (χ2v) is 4.69. The van der Waals surface area contributed by atoms with Crippen LogP contribution in [0.15, 0.2) is 16.6 Å². The normalized spacial score (nSPS) is 12.2. The van der Waals surface area contributed by atoms with Crippen molar-refractivity contribution >= 4 is 21.9 Å². The first-order valence-electron chi connectivity index (χ1n) is 5.05. The molecule has 1 N–H and O–H groups in total. The van der Waals surface area contributed by atoms with E-state index in [-0.39, 0.29) is 12.5 Å². The molecular formula is C12H15BrO3. The van der Waals surface area contributed by atoms with Crippen molar-refractivity contribution in [3.8, 4) is 5.75 Å². The molecule has 0 aliphatic carbocycles. The number of aliphatic carboxylic acids is 1. The zero-order valence-electron chi connectivity index (χ0n) is 9.58. The zero-order valence-corrected chi connectivity index (χ0v) is 11.2. The van der Waals surface area contributed by atoms with Gasteiger partial charge in [0.2, 0.25) is 0 Å². The van der Waals surface area contributed by atoms with E-state index in [1.54, 1.807) is 6.92 Å². The van der Waals surface area contributed by atoms with Crippen LogP contribution in [0.5, 0.6) is 5.75 Å². The predicted octanol–water partition coefficient (Wildman–Crippen LogP) is 3.31. The Kier molecular flexibility index (Phi) is 4.35. The number of halogens is 1. The van der Waals surface area contributed by atoms with E-state index in [1.165, 1.54) is 0 Å². The molecule has 0 spiro atoms. The van der Waals surface area contributed by atoms with Crippen LogP contribution in [-0.4, -0.2) is 17.2 Å². The van der Waals surface area contributed by atoms with Crippen molar-refractivity contribution in [2.24, 2.45) is 0 Å². The number of carboxylic acid groups (broad SMARTS) is 1. The molecule has 88 valence electrons. The fourth-order valence-corrected chi connectivity index (χ4v) is 1.72. The quantitative estimate of drug-likeness (QED) is 0.924. The maximum absolute atomic E-state index is 10.5. The summed E-state index contributed by atoms with van der Waals surface area (Å²) in [5.41, 5.74) is 2.16. The van der Waals surface area contributed by atoms with E-state index in [2.05, 4.69) is 15.9 Å². The van der Waals surface area contributed by atoms with E-state index >= 15 is 0 Å². The molecule has 1 aromatic carbocycles. The van der Waals surface area contributed by atoms with Crippen molar-refractivity contribution in [1.29, 1.82) is 0 Å². The molecule has 1 rings (SSSR count). The van der Waals surface area contributed by atoms with Gasteiger partial charge in [-0.05, 0) is 44.0 Å². The van der Waals surface area contributed by atoms with E-state index in [1.807, 2.05) is 26.0 Å². The zero-order chi connectivity index (χ0) is 12.3. The number of rotatable bonds is 4. The molecule has 16 heavy (non-hydrogen) atoms. The maximum atomic E-state index is 10.5. The Hall–Kier alpha value is -1.03. The van der Waals surface area contributed by atoms with Gasteiger partial charge in [0.05, 0.1) is 6.42 Å². The van der Waals surface area contributed by atoms with Crippen LogP contribution < -0.4 is 4.74 Å². The smallest absolute Gasteiger partial charge is 0.307 e. The highest BCUT2D eigenvalue weighted by Gasteiger charge is 2.10. The van der Waals surface area contributed by atoms with Crippen molar-refractivity contribution in [2.75, 3.05) is 0 Å². The third-order valence-electron chi connectivity index (χ3n) is 2.21. The van der Waals surface area contributed by atoms with Crippen molar-refractivity contribution in [1.82, 2.24) is 0 Å². The molecule has 1 atom stereocenters. The summed E-state index contributed by atoms with van der Waals surface area (Å²) >= 11 is 3.47. The summed E-state index contributed by atoms with van der Waals surface area (Å²) in [5, 5.41) is 8.63. The van der Waals surface area contributed by atoms with Crippen LogP contribution in [-0.2, 0) is 4.79 Å². The molecule has 0 saturated carbocycles. The minimum absolute atomic E-state index is 0.00809. The molecule has 0 bridgehead atoms. The van der Waals surface area contributed by atoms with Gasteiger partial charge in [0.15, 0.2) is 0 Å². The lowest BCUT2D eigenvalue weighted by atomic mass is 10.1. The minimum atomic E-state index is -0.849. The minimum Gasteiger partial charge on any atom is -0.490 e. The highest BCUT2D eigenvalue weighted by Crippen LogP contribution is 2.27. The van der Waals surface area contributed by atoms with Crippen LogP contribution in [0, 0.1) is 13.8 Å². The Morgan fingerprint density at radius 2 is 1.94 bits per heavy atom. The van der Waals surface area contributed by atoms with E-state index in [4.69, 9.17) is 9.84 Å². The predicted molar refractivity (Wildman–Crippen MR) is 66.0 cm³/mol. The molecule has 0 aliphatic heterocycles. The van der Waals surface area contributed by atoms with Crippen LogP contribution in [0.25, 0.3) is 0 Å². The number of aryl methyl sites for hydroxylation is 2. The van der Waals surface area contributed by atoms with Gasteiger partial charge in [0, 0.05) is 4.47 Å². The van der Waals surface area contributed by atoms with Gasteiger partial charge in [-0.3, -0.25) is 4.79 Å². The van der Waals surface area contributed by atoms with E-state index < -0.39 is 5.97 Å². The van der Waals surface area contributed by atoms with Crippen molar-refractivity contribution in [3.05, 3.63) is 27.7 Å². The Bertz CT molecular complexity index is 378. The van der Waals surface area contributed by atoms with E-state index in [9.17, 15) is 4.79 Å². The average molecular weight is 287 g/mol. The Morgan fingerprint density at radius 1 is 1.44 bits per heavy atom. The molecule has 1 aromatic rings. The number of hydrogen-bond donors (Lipinski definition) is 1. The monoisotopic (exact) mass is 286 g/mol. The third-order valence-corrected chi connectivity index (χ3v) is 3.46. The van der Waals surface area contributed by atoms with Crippen molar-refractivity contribution in [3.63, 3.8) is 0 Å². The Labute approximate surface area is 104 Å². The van der Waals surface area contributed by atoms with Crippen LogP contribution in [0.2, 0.25) is 0 Å². The lowest BCUT2D eigenvalue weighted by Gasteiger charge is -2.14. The summed E-state index contributed by atoms with van der Waals surface area (Å²) in [5.74, 6) is -0.134. The van der Waals surface area contributed by atoms with Gasteiger partial charge in [0.1, 0.15) is 11.9 Å². The summed E-state index contributed by atoms with van der Waals surface area (Å²) in [7, 11) is 0. The van der Waals surface area contributed by atoms with Gasteiger partial charge in [-0.15, -0.1) is 0 Å². The number of hydrogen-bond acceptors (Lipinski definition) is 2. The van der Waals surface area contributed by atoms with Gasteiger partial charge in [-0.25, -0.2) is 0 Å². The van der Waals surface area contributed by atoms with Crippen molar-refractivity contribution in [2.45, 2.75) is 33.3 Å². The molecule has 0 saturated heterocycles. The van der Waals surface area contributed by atoms with Crippen LogP contribution in [0.1, 0.15) is 24.5 Å². The van der Waals surface area contributed by atoms with Crippen LogP contribution >= 0.6 is 15.9 Å². The summed E-state index contributed by atoms with van der Waals surface area (Å²) in [6.45, 7) is 5.71. The first-order chi connectivity index (χ1) is 7.40. The molecule has 0 unspecified atom stereocenters. The summed E-state index contributed by atoms with van der Waals surface area (Å²) < 4.78 is 6.60. The number of carbonyl (C=O) groups is 1. The van der Waals surface area contributed by atoms with Gasteiger partial charge < -0.3 is 9.84 Å². The van der Waals surface area contributed by atoms with E-state index in [0.717, 1.165) is 15.6 Å². The molecule has 0 amide bonds. The first kappa shape index (κ1) is 13.0. The topological polar surface area (TPSA) is 46.5 Å². The molecule has 0 aliphatic rings. The molecule has 3 nitrogen and oxygen atoms in total. The van der Waals surface area contributed by atoms with Gasteiger partial charge in [-0.2, -0.15) is 0 Å². The van der Waals surface area contributed by atoms with E-state index in [0.29, 0.717) is 5.75 Å². The summed E-state index contributed by atoms with van der Waals surface area (Å²) in [6, 6.07) is 3.80. The van der Waals surface area contributed by atoms with Gasteiger partial charge in [0.25, 0.3) is 0 Å². The second kappa shape index (κ2) is 5.34. The molecular weight excluding hydrogens is 272 g/mol. The summed E-state index contributed by atoms with van der Waals surface area (Å²) in [4.78, 5) is 10.5. The lowest BCUT2D eigenvalue weighted by Crippen LogP contribution is -2.16. The number of carboxylic acids is 1. The molecule has 0 aromatic heterocycles. The van der Waals surface area contributed by atoms with Crippen LogP contribution in [0.3, 0.4) is 0 Å². The molecule has 0 heterocycles. The fraction of sp³-hybridized carbons (Fsp3) is 0.417. The van der Waals surface area contributed by atoms with Crippen molar-refractivity contribution < 1.29 is 14.6 Å². The SMILES string of the molecule is Cc1cc(O[C@@H](C)CC(=O)O)cc(C)c1Br. The molecule has 0 fully saturated rings. The number of ether oxygens (including phenoxy) is 1. The van der Waals surface area contributed by atoms with Gasteiger partial charge >= 0.3 is 5.97 Å².